The Balaban J connectivity index is 1.63. The number of hydrogen-bond acceptors (Lipinski definition) is 3. The van der Waals surface area contributed by atoms with Crippen molar-refractivity contribution in [2.45, 2.75) is 51.0 Å². The number of carbonyl (C=O) groups excluding carboxylic acids is 2. The van der Waals surface area contributed by atoms with Crippen molar-refractivity contribution in [3.05, 3.63) is 0 Å². The molecule has 2 heterocycles. The van der Waals surface area contributed by atoms with E-state index in [2.05, 4.69) is 5.32 Å². The normalized spacial score (nSPS) is 32.1. The second-order valence-electron chi connectivity index (χ2n) is 6.75. The van der Waals surface area contributed by atoms with Crippen LogP contribution in [0.1, 0.15) is 44.9 Å². The highest BCUT2D eigenvalue weighted by molar-refractivity contribution is 5.95. The van der Waals surface area contributed by atoms with Crippen molar-refractivity contribution in [1.82, 2.24) is 10.2 Å². The quantitative estimate of drug-likeness (QED) is 0.854. The van der Waals surface area contributed by atoms with Crippen LogP contribution in [0.4, 0.5) is 0 Å². The average molecular weight is 294 g/mol. The molecule has 2 unspecified atom stereocenters. The maximum atomic E-state index is 12.7. The van der Waals surface area contributed by atoms with E-state index >= 15 is 0 Å². The Labute approximate surface area is 126 Å². The predicted molar refractivity (Wildman–Crippen MR) is 78.6 cm³/mol. The molecule has 1 N–H and O–H groups in total. The van der Waals surface area contributed by atoms with Gasteiger partial charge in [0.2, 0.25) is 11.8 Å². The summed E-state index contributed by atoms with van der Waals surface area (Å²) < 4.78 is 5.49. The SMILES string of the molecule is O=C1CN(CC2CCCOC2)C(=O)C(C2CCCCC2)N1. The summed E-state index contributed by atoms with van der Waals surface area (Å²) in [5.41, 5.74) is 0. The molecular formula is C16H26N2O3. The summed E-state index contributed by atoms with van der Waals surface area (Å²) in [6.07, 6.45) is 7.91. The lowest BCUT2D eigenvalue weighted by molar-refractivity contribution is -0.147. The monoisotopic (exact) mass is 294 g/mol. The molecule has 3 aliphatic rings. The van der Waals surface area contributed by atoms with Crippen molar-refractivity contribution < 1.29 is 14.3 Å². The van der Waals surface area contributed by atoms with E-state index in [-0.39, 0.29) is 24.4 Å². The number of rotatable bonds is 3. The van der Waals surface area contributed by atoms with Crippen LogP contribution in [0.5, 0.6) is 0 Å². The summed E-state index contributed by atoms with van der Waals surface area (Å²) in [5.74, 6) is 0.857. The smallest absolute Gasteiger partial charge is 0.245 e. The van der Waals surface area contributed by atoms with Gasteiger partial charge in [0.25, 0.3) is 0 Å². The highest BCUT2D eigenvalue weighted by Crippen LogP contribution is 2.28. The minimum atomic E-state index is -0.281. The number of nitrogens with one attached hydrogen (secondary N) is 1. The fourth-order valence-corrected chi connectivity index (χ4v) is 3.93. The molecule has 5 heteroatoms. The third kappa shape index (κ3) is 3.57. The molecule has 0 aromatic carbocycles. The Hall–Kier alpha value is -1.10. The van der Waals surface area contributed by atoms with Crippen molar-refractivity contribution >= 4 is 11.8 Å². The lowest BCUT2D eigenvalue weighted by Crippen LogP contribution is -2.61. The van der Waals surface area contributed by atoms with E-state index in [0.29, 0.717) is 18.4 Å². The van der Waals surface area contributed by atoms with Gasteiger partial charge in [0, 0.05) is 13.2 Å². The van der Waals surface area contributed by atoms with Gasteiger partial charge in [-0.15, -0.1) is 0 Å². The van der Waals surface area contributed by atoms with Crippen LogP contribution < -0.4 is 5.32 Å². The highest BCUT2D eigenvalue weighted by Gasteiger charge is 2.38. The standard InChI is InChI=1S/C16H26N2O3/c19-14-10-18(9-12-5-4-8-21-11-12)16(20)15(17-14)13-6-2-1-3-7-13/h12-13,15H,1-11H2,(H,17,19). The molecule has 3 rings (SSSR count). The second kappa shape index (κ2) is 6.77. The molecule has 2 saturated heterocycles. The molecule has 1 aliphatic carbocycles. The molecule has 2 amide bonds. The number of ether oxygens (including phenoxy) is 1. The van der Waals surface area contributed by atoms with Gasteiger partial charge in [0.05, 0.1) is 13.2 Å². The fourth-order valence-electron chi connectivity index (χ4n) is 3.93. The number of amides is 2. The van der Waals surface area contributed by atoms with Crippen LogP contribution in [-0.2, 0) is 14.3 Å². The van der Waals surface area contributed by atoms with Crippen LogP contribution in [0.15, 0.2) is 0 Å². The van der Waals surface area contributed by atoms with Gasteiger partial charge in [-0.1, -0.05) is 19.3 Å². The predicted octanol–water partition coefficient (Wildman–Crippen LogP) is 1.32. The van der Waals surface area contributed by atoms with E-state index < -0.39 is 0 Å². The average Bonchev–Trinajstić information content (AvgIpc) is 2.52. The Morgan fingerprint density at radius 3 is 2.62 bits per heavy atom. The molecule has 1 saturated carbocycles. The third-order valence-electron chi connectivity index (χ3n) is 5.08. The summed E-state index contributed by atoms with van der Waals surface area (Å²) in [4.78, 5) is 26.5. The van der Waals surface area contributed by atoms with Gasteiger partial charge in [0.1, 0.15) is 6.04 Å². The zero-order chi connectivity index (χ0) is 14.7. The van der Waals surface area contributed by atoms with Crippen molar-refractivity contribution in [2.75, 3.05) is 26.3 Å². The zero-order valence-corrected chi connectivity index (χ0v) is 12.7. The number of piperazine rings is 1. The second-order valence-corrected chi connectivity index (χ2v) is 6.75. The van der Waals surface area contributed by atoms with Crippen molar-refractivity contribution in [3.8, 4) is 0 Å². The highest BCUT2D eigenvalue weighted by atomic mass is 16.5. The fraction of sp³-hybridized carbons (Fsp3) is 0.875. The Bertz CT molecular complexity index is 387. The maximum Gasteiger partial charge on any atom is 0.245 e. The van der Waals surface area contributed by atoms with Gasteiger partial charge >= 0.3 is 0 Å². The first kappa shape index (κ1) is 14.8. The number of hydrogen-bond donors (Lipinski definition) is 1. The molecule has 2 aliphatic heterocycles. The van der Waals surface area contributed by atoms with Gasteiger partial charge in [-0.05, 0) is 37.5 Å². The lowest BCUT2D eigenvalue weighted by atomic mass is 9.82. The molecule has 0 aromatic rings. The molecule has 118 valence electrons. The molecule has 0 aromatic heterocycles. The third-order valence-corrected chi connectivity index (χ3v) is 5.08. The van der Waals surface area contributed by atoms with Crippen molar-refractivity contribution in [2.24, 2.45) is 11.8 Å². The minimum absolute atomic E-state index is 0.00176. The van der Waals surface area contributed by atoms with Gasteiger partial charge in [-0.3, -0.25) is 9.59 Å². The molecule has 0 bridgehead atoms. The van der Waals surface area contributed by atoms with E-state index in [1.165, 1.54) is 19.3 Å². The molecule has 2 atom stereocenters. The molecule has 0 radical (unpaired) electrons. The molecule has 3 fully saturated rings. The van der Waals surface area contributed by atoms with E-state index in [9.17, 15) is 9.59 Å². The first-order valence-corrected chi connectivity index (χ1v) is 8.40. The van der Waals surface area contributed by atoms with Crippen molar-refractivity contribution in [1.29, 1.82) is 0 Å². The molecule has 21 heavy (non-hydrogen) atoms. The lowest BCUT2D eigenvalue weighted by Gasteiger charge is -2.39. The first-order chi connectivity index (χ1) is 10.2. The largest absolute Gasteiger partial charge is 0.381 e. The maximum absolute atomic E-state index is 12.7. The van der Waals surface area contributed by atoms with Gasteiger partial charge in [0.15, 0.2) is 0 Å². The number of nitrogens with zero attached hydrogens (tertiary/aromatic N) is 1. The van der Waals surface area contributed by atoms with Gasteiger partial charge < -0.3 is 15.0 Å². The van der Waals surface area contributed by atoms with Crippen LogP contribution in [0, 0.1) is 11.8 Å². The van der Waals surface area contributed by atoms with E-state index in [1.807, 2.05) is 0 Å². The topological polar surface area (TPSA) is 58.6 Å². The Morgan fingerprint density at radius 2 is 1.90 bits per heavy atom. The van der Waals surface area contributed by atoms with Crippen LogP contribution in [-0.4, -0.2) is 49.1 Å². The van der Waals surface area contributed by atoms with Crippen LogP contribution >= 0.6 is 0 Å². The summed E-state index contributed by atoms with van der Waals surface area (Å²) >= 11 is 0. The summed E-state index contributed by atoms with van der Waals surface area (Å²) in [7, 11) is 0. The van der Waals surface area contributed by atoms with Crippen LogP contribution in [0.2, 0.25) is 0 Å². The minimum Gasteiger partial charge on any atom is -0.381 e. The first-order valence-electron chi connectivity index (χ1n) is 8.40. The summed E-state index contributed by atoms with van der Waals surface area (Å²) in [6.45, 7) is 2.45. The molecular weight excluding hydrogens is 268 g/mol. The van der Waals surface area contributed by atoms with E-state index in [4.69, 9.17) is 4.74 Å². The Morgan fingerprint density at radius 1 is 1.10 bits per heavy atom. The van der Waals surface area contributed by atoms with Gasteiger partial charge in [-0.25, -0.2) is 0 Å². The Kier molecular flexibility index (Phi) is 4.78. The van der Waals surface area contributed by atoms with Gasteiger partial charge in [-0.2, -0.15) is 0 Å². The van der Waals surface area contributed by atoms with E-state index in [1.54, 1.807) is 4.90 Å². The van der Waals surface area contributed by atoms with E-state index in [0.717, 1.165) is 38.9 Å². The zero-order valence-electron chi connectivity index (χ0n) is 12.7. The summed E-state index contributed by atoms with van der Waals surface area (Å²) in [5, 5.41) is 2.94. The van der Waals surface area contributed by atoms with Crippen LogP contribution in [0.25, 0.3) is 0 Å². The summed E-state index contributed by atoms with van der Waals surface area (Å²) in [6, 6.07) is -0.281. The number of carbonyl (C=O) groups is 2. The molecule has 5 nitrogen and oxygen atoms in total. The van der Waals surface area contributed by atoms with Crippen LogP contribution in [0.3, 0.4) is 0 Å². The molecule has 0 spiro atoms. The van der Waals surface area contributed by atoms with Crippen molar-refractivity contribution in [3.63, 3.8) is 0 Å².